The van der Waals surface area contributed by atoms with Gasteiger partial charge in [-0.05, 0) is 49.9 Å². The third-order valence-electron chi connectivity index (χ3n) is 4.14. The van der Waals surface area contributed by atoms with E-state index in [1.165, 1.54) is 44.2 Å². The second kappa shape index (κ2) is 8.25. The van der Waals surface area contributed by atoms with E-state index < -0.39 is 0 Å². The van der Waals surface area contributed by atoms with Crippen LogP contribution in [-0.2, 0) is 6.54 Å². The Bertz CT molecular complexity index is 390. The van der Waals surface area contributed by atoms with E-state index in [1.54, 1.807) is 0 Å². The monoisotopic (exact) mass is 275 g/mol. The summed E-state index contributed by atoms with van der Waals surface area (Å²) in [5.41, 5.74) is 1.39. The summed E-state index contributed by atoms with van der Waals surface area (Å²) in [6, 6.07) is 5.16. The molecule has 0 aromatic carbocycles. The van der Waals surface area contributed by atoms with Crippen molar-refractivity contribution >= 4 is 5.82 Å². The fourth-order valence-corrected chi connectivity index (χ4v) is 3.09. The van der Waals surface area contributed by atoms with E-state index in [0.29, 0.717) is 0 Å². The van der Waals surface area contributed by atoms with E-state index in [2.05, 4.69) is 41.2 Å². The largest absolute Gasteiger partial charge is 0.370 e. The van der Waals surface area contributed by atoms with Crippen molar-refractivity contribution < 1.29 is 0 Å². The number of aromatic nitrogens is 1. The Hall–Kier alpha value is -1.09. The molecule has 1 saturated heterocycles. The number of piperidine rings is 1. The molecule has 20 heavy (non-hydrogen) atoms. The fourth-order valence-electron chi connectivity index (χ4n) is 3.09. The molecule has 112 valence electrons. The SMILES string of the molecule is CCCNc1cc(CN2CCCCC2CCC)ccn1. The van der Waals surface area contributed by atoms with Crippen LogP contribution >= 0.6 is 0 Å². The maximum Gasteiger partial charge on any atom is 0.126 e. The first-order valence-corrected chi connectivity index (χ1v) is 8.26. The molecular formula is C17H29N3. The van der Waals surface area contributed by atoms with Gasteiger partial charge in [0.2, 0.25) is 0 Å². The van der Waals surface area contributed by atoms with Crippen molar-refractivity contribution in [1.29, 1.82) is 0 Å². The third-order valence-corrected chi connectivity index (χ3v) is 4.14. The summed E-state index contributed by atoms with van der Waals surface area (Å²) in [4.78, 5) is 7.07. The Morgan fingerprint density at radius 3 is 3.00 bits per heavy atom. The molecule has 0 spiro atoms. The Morgan fingerprint density at radius 1 is 1.30 bits per heavy atom. The maximum absolute atomic E-state index is 4.40. The predicted octanol–water partition coefficient (Wildman–Crippen LogP) is 4.06. The number of hydrogen-bond donors (Lipinski definition) is 1. The first-order chi connectivity index (χ1) is 9.83. The van der Waals surface area contributed by atoms with E-state index >= 15 is 0 Å². The number of nitrogens with zero attached hydrogens (tertiary/aromatic N) is 2. The predicted molar refractivity (Wildman–Crippen MR) is 86.0 cm³/mol. The third kappa shape index (κ3) is 4.48. The van der Waals surface area contributed by atoms with Crippen LogP contribution in [0.2, 0.25) is 0 Å². The van der Waals surface area contributed by atoms with E-state index in [9.17, 15) is 0 Å². The topological polar surface area (TPSA) is 28.2 Å². The average molecular weight is 275 g/mol. The van der Waals surface area contributed by atoms with Crippen LogP contribution in [0.1, 0.15) is 57.9 Å². The van der Waals surface area contributed by atoms with Crippen molar-refractivity contribution in [2.45, 2.75) is 65.0 Å². The Balaban J connectivity index is 1.96. The van der Waals surface area contributed by atoms with Crippen molar-refractivity contribution in [3.05, 3.63) is 23.9 Å². The standard InChI is InChI=1S/C17H29N3/c1-3-7-16-8-5-6-12-20(16)14-15-9-11-19-17(13-15)18-10-4-2/h9,11,13,16H,3-8,10,12,14H2,1-2H3,(H,18,19). The van der Waals surface area contributed by atoms with Gasteiger partial charge in [0.25, 0.3) is 0 Å². The molecular weight excluding hydrogens is 246 g/mol. The van der Waals surface area contributed by atoms with Crippen LogP contribution < -0.4 is 5.32 Å². The van der Waals surface area contributed by atoms with Crippen molar-refractivity contribution in [1.82, 2.24) is 9.88 Å². The summed E-state index contributed by atoms with van der Waals surface area (Å²) in [5.74, 6) is 1.02. The van der Waals surface area contributed by atoms with Gasteiger partial charge in [0.15, 0.2) is 0 Å². The lowest BCUT2D eigenvalue weighted by Gasteiger charge is -2.35. The highest BCUT2D eigenvalue weighted by Gasteiger charge is 2.21. The normalized spacial score (nSPS) is 20.0. The zero-order valence-corrected chi connectivity index (χ0v) is 13.1. The quantitative estimate of drug-likeness (QED) is 0.813. The number of hydrogen-bond acceptors (Lipinski definition) is 3. The summed E-state index contributed by atoms with van der Waals surface area (Å²) < 4.78 is 0. The van der Waals surface area contributed by atoms with Crippen LogP contribution in [0.4, 0.5) is 5.82 Å². The highest BCUT2D eigenvalue weighted by Crippen LogP contribution is 2.23. The van der Waals surface area contributed by atoms with Gasteiger partial charge in [-0.2, -0.15) is 0 Å². The summed E-state index contributed by atoms with van der Waals surface area (Å²) in [7, 11) is 0. The van der Waals surface area contributed by atoms with Crippen LogP contribution in [0, 0.1) is 0 Å². The first-order valence-electron chi connectivity index (χ1n) is 8.26. The van der Waals surface area contributed by atoms with Crippen molar-refractivity contribution in [3.63, 3.8) is 0 Å². The lowest BCUT2D eigenvalue weighted by molar-refractivity contribution is 0.131. The molecule has 1 aliphatic rings. The summed E-state index contributed by atoms with van der Waals surface area (Å²) in [6.07, 6.45) is 9.84. The molecule has 1 aromatic rings. The van der Waals surface area contributed by atoms with Gasteiger partial charge >= 0.3 is 0 Å². The van der Waals surface area contributed by atoms with Gasteiger partial charge in [-0.25, -0.2) is 4.98 Å². The molecule has 0 aliphatic carbocycles. The van der Waals surface area contributed by atoms with E-state index in [-0.39, 0.29) is 0 Å². The highest BCUT2D eigenvalue weighted by atomic mass is 15.2. The Kier molecular flexibility index (Phi) is 6.31. The number of pyridine rings is 1. The minimum atomic E-state index is 0.786. The van der Waals surface area contributed by atoms with Crippen LogP contribution in [-0.4, -0.2) is 29.0 Å². The minimum Gasteiger partial charge on any atom is -0.370 e. The van der Waals surface area contributed by atoms with Gasteiger partial charge in [0.05, 0.1) is 0 Å². The van der Waals surface area contributed by atoms with Crippen molar-refractivity contribution in [3.8, 4) is 0 Å². The smallest absolute Gasteiger partial charge is 0.126 e. The molecule has 3 nitrogen and oxygen atoms in total. The maximum atomic E-state index is 4.40. The van der Waals surface area contributed by atoms with Gasteiger partial charge in [-0.1, -0.05) is 26.7 Å². The van der Waals surface area contributed by atoms with Gasteiger partial charge in [0.1, 0.15) is 5.82 Å². The molecule has 3 heteroatoms. The van der Waals surface area contributed by atoms with Crippen LogP contribution in [0.15, 0.2) is 18.3 Å². The van der Waals surface area contributed by atoms with Gasteiger partial charge < -0.3 is 5.32 Å². The molecule has 0 bridgehead atoms. The molecule has 0 saturated carbocycles. The fraction of sp³-hybridized carbons (Fsp3) is 0.706. The molecule has 2 rings (SSSR count). The Labute approximate surface area is 123 Å². The van der Waals surface area contributed by atoms with E-state index in [1.807, 2.05) is 6.20 Å². The van der Waals surface area contributed by atoms with Crippen LogP contribution in [0.5, 0.6) is 0 Å². The van der Waals surface area contributed by atoms with Gasteiger partial charge in [-0.3, -0.25) is 4.90 Å². The number of anilines is 1. The van der Waals surface area contributed by atoms with Crippen LogP contribution in [0.3, 0.4) is 0 Å². The summed E-state index contributed by atoms with van der Waals surface area (Å²) in [6.45, 7) is 7.81. The first kappa shape index (κ1) is 15.3. The molecule has 2 heterocycles. The second-order valence-corrected chi connectivity index (χ2v) is 5.88. The molecule has 0 amide bonds. The van der Waals surface area contributed by atoms with Gasteiger partial charge in [-0.15, -0.1) is 0 Å². The zero-order chi connectivity index (χ0) is 14.2. The molecule has 0 radical (unpaired) electrons. The second-order valence-electron chi connectivity index (χ2n) is 5.88. The molecule has 1 unspecified atom stereocenters. The summed E-state index contributed by atoms with van der Waals surface area (Å²) in [5, 5.41) is 3.38. The molecule has 1 fully saturated rings. The van der Waals surface area contributed by atoms with Crippen molar-refractivity contribution in [2.75, 3.05) is 18.4 Å². The number of likely N-dealkylation sites (tertiary alicyclic amines) is 1. The van der Waals surface area contributed by atoms with E-state index in [4.69, 9.17) is 0 Å². The van der Waals surface area contributed by atoms with Crippen LogP contribution in [0.25, 0.3) is 0 Å². The lowest BCUT2D eigenvalue weighted by Crippen LogP contribution is -2.38. The zero-order valence-electron chi connectivity index (χ0n) is 13.1. The molecule has 1 aromatic heterocycles. The number of rotatable bonds is 7. The average Bonchev–Trinajstić information content (AvgIpc) is 2.48. The van der Waals surface area contributed by atoms with Crippen molar-refractivity contribution in [2.24, 2.45) is 0 Å². The Morgan fingerprint density at radius 2 is 2.20 bits per heavy atom. The molecule has 1 N–H and O–H groups in total. The number of nitrogens with one attached hydrogen (secondary N) is 1. The minimum absolute atomic E-state index is 0.786. The highest BCUT2D eigenvalue weighted by molar-refractivity contribution is 5.37. The molecule has 1 aliphatic heterocycles. The lowest BCUT2D eigenvalue weighted by atomic mass is 9.97. The molecule has 1 atom stereocenters. The van der Waals surface area contributed by atoms with E-state index in [0.717, 1.165) is 31.4 Å². The summed E-state index contributed by atoms with van der Waals surface area (Å²) >= 11 is 0. The van der Waals surface area contributed by atoms with Gasteiger partial charge in [0, 0.05) is 25.3 Å².